The number of anilines is 1. The number of nitrogens with one attached hydrogen (secondary N) is 3. The monoisotopic (exact) mass is 287 g/mol. The van der Waals surface area contributed by atoms with Crippen LogP contribution >= 0.6 is 11.3 Å². The molecule has 102 valence electrons. The van der Waals surface area contributed by atoms with E-state index in [9.17, 15) is 9.59 Å². The standard InChI is InChI=1S/C14H13N3O2S/c18-9-3-1-2-8-11(9)10(7-4-5-20-6-7)12-13(15-8)16-17-14(12)19/h4-6,10H,1-3H2,(H3,15,16,17,19). The number of hydrogen-bond acceptors (Lipinski definition) is 4. The molecule has 1 aliphatic carbocycles. The molecule has 0 amide bonds. The topological polar surface area (TPSA) is 77.8 Å². The summed E-state index contributed by atoms with van der Waals surface area (Å²) in [6.45, 7) is 0. The normalized spacial score (nSPS) is 21.4. The molecule has 1 unspecified atom stereocenters. The second-order valence-corrected chi connectivity index (χ2v) is 5.93. The zero-order chi connectivity index (χ0) is 13.7. The van der Waals surface area contributed by atoms with Gasteiger partial charge >= 0.3 is 0 Å². The Morgan fingerprint density at radius 3 is 2.90 bits per heavy atom. The summed E-state index contributed by atoms with van der Waals surface area (Å²) in [6.07, 6.45) is 2.29. The van der Waals surface area contributed by atoms with Gasteiger partial charge in [-0.1, -0.05) is 0 Å². The molecule has 2 aromatic heterocycles. The molecule has 0 aromatic carbocycles. The van der Waals surface area contributed by atoms with Gasteiger partial charge in [0.05, 0.1) is 5.56 Å². The molecule has 0 fully saturated rings. The van der Waals surface area contributed by atoms with Crippen LogP contribution in [0.3, 0.4) is 0 Å². The lowest BCUT2D eigenvalue weighted by Gasteiger charge is -2.30. The van der Waals surface area contributed by atoms with Crippen molar-refractivity contribution in [2.75, 3.05) is 5.32 Å². The van der Waals surface area contributed by atoms with E-state index in [1.165, 1.54) is 0 Å². The summed E-state index contributed by atoms with van der Waals surface area (Å²) < 4.78 is 0. The predicted octanol–water partition coefficient (Wildman–Crippen LogP) is 2.33. The summed E-state index contributed by atoms with van der Waals surface area (Å²) >= 11 is 1.58. The molecule has 2 aromatic rings. The van der Waals surface area contributed by atoms with Gasteiger partial charge in [-0.05, 0) is 35.2 Å². The highest BCUT2D eigenvalue weighted by Crippen LogP contribution is 2.43. The van der Waals surface area contributed by atoms with Gasteiger partial charge in [0.2, 0.25) is 0 Å². The summed E-state index contributed by atoms with van der Waals surface area (Å²) in [4.78, 5) is 24.5. The predicted molar refractivity (Wildman–Crippen MR) is 77.1 cm³/mol. The summed E-state index contributed by atoms with van der Waals surface area (Å²) in [6, 6.07) is 1.99. The van der Waals surface area contributed by atoms with E-state index in [0.717, 1.165) is 29.7 Å². The van der Waals surface area contributed by atoms with Gasteiger partial charge in [-0.3, -0.25) is 19.8 Å². The number of rotatable bonds is 1. The smallest absolute Gasteiger partial charge is 0.270 e. The number of fused-ring (bicyclic) bond motifs is 1. The molecule has 6 heteroatoms. The lowest BCUT2D eigenvalue weighted by molar-refractivity contribution is -0.116. The minimum Gasteiger partial charge on any atom is -0.343 e. The number of allylic oxidation sites excluding steroid dienone is 2. The van der Waals surface area contributed by atoms with Crippen molar-refractivity contribution in [3.05, 3.63) is 49.6 Å². The van der Waals surface area contributed by atoms with E-state index < -0.39 is 0 Å². The van der Waals surface area contributed by atoms with Crippen molar-refractivity contribution < 1.29 is 4.79 Å². The second-order valence-electron chi connectivity index (χ2n) is 5.15. The van der Waals surface area contributed by atoms with E-state index in [1.54, 1.807) is 11.3 Å². The van der Waals surface area contributed by atoms with E-state index in [-0.39, 0.29) is 17.3 Å². The molecule has 0 spiro atoms. The SMILES string of the molecule is O=C1CCCC2=C1C(c1ccsc1)c1c([nH][nH]c1=O)N2. The lowest BCUT2D eigenvalue weighted by atomic mass is 9.77. The van der Waals surface area contributed by atoms with Crippen LogP contribution in [-0.4, -0.2) is 16.0 Å². The van der Waals surface area contributed by atoms with Gasteiger partial charge in [0.15, 0.2) is 5.78 Å². The van der Waals surface area contributed by atoms with Crippen molar-refractivity contribution in [1.29, 1.82) is 0 Å². The first-order valence-electron chi connectivity index (χ1n) is 6.61. The third-order valence-electron chi connectivity index (χ3n) is 4.00. The maximum Gasteiger partial charge on any atom is 0.270 e. The van der Waals surface area contributed by atoms with Crippen molar-refractivity contribution in [2.45, 2.75) is 25.2 Å². The fourth-order valence-corrected chi connectivity index (χ4v) is 3.82. The number of H-pyrrole nitrogens is 2. The first kappa shape index (κ1) is 11.7. The van der Waals surface area contributed by atoms with Gasteiger partial charge in [0.1, 0.15) is 5.82 Å². The molecule has 2 aliphatic rings. The Kier molecular flexibility index (Phi) is 2.47. The first-order chi connectivity index (χ1) is 9.75. The largest absolute Gasteiger partial charge is 0.343 e. The number of thiophene rings is 1. The molecule has 4 rings (SSSR count). The fraction of sp³-hybridized carbons (Fsp3) is 0.286. The zero-order valence-electron chi connectivity index (χ0n) is 10.7. The Bertz CT molecular complexity index is 767. The van der Waals surface area contributed by atoms with Crippen LogP contribution in [0.4, 0.5) is 5.82 Å². The third kappa shape index (κ3) is 1.54. The van der Waals surface area contributed by atoms with Crippen LogP contribution < -0.4 is 10.9 Å². The molecule has 1 atom stereocenters. The Morgan fingerprint density at radius 2 is 2.10 bits per heavy atom. The average Bonchev–Trinajstić information content (AvgIpc) is 3.08. The third-order valence-corrected chi connectivity index (χ3v) is 4.70. The number of aromatic amines is 2. The molecule has 0 bridgehead atoms. The average molecular weight is 287 g/mol. The number of hydrogen-bond donors (Lipinski definition) is 3. The highest BCUT2D eigenvalue weighted by Gasteiger charge is 2.37. The number of carbonyl (C=O) groups excluding carboxylic acids is 1. The van der Waals surface area contributed by atoms with Gasteiger partial charge in [-0.2, -0.15) is 11.3 Å². The van der Waals surface area contributed by atoms with E-state index in [1.807, 2.05) is 16.8 Å². The summed E-state index contributed by atoms with van der Waals surface area (Å²) in [5.74, 6) is 0.608. The summed E-state index contributed by atoms with van der Waals surface area (Å²) in [7, 11) is 0. The Morgan fingerprint density at radius 1 is 1.20 bits per heavy atom. The van der Waals surface area contributed by atoms with E-state index in [0.29, 0.717) is 17.8 Å². The number of aromatic nitrogens is 2. The quantitative estimate of drug-likeness (QED) is 0.753. The highest BCUT2D eigenvalue weighted by molar-refractivity contribution is 7.08. The van der Waals surface area contributed by atoms with Gasteiger partial charge in [0.25, 0.3) is 5.56 Å². The first-order valence-corrected chi connectivity index (χ1v) is 7.56. The molecule has 5 nitrogen and oxygen atoms in total. The van der Waals surface area contributed by atoms with E-state index in [2.05, 4.69) is 15.5 Å². The van der Waals surface area contributed by atoms with Crippen LogP contribution in [0.15, 0.2) is 32.9 Å². The minimum absolute atomic E-state index is 0.154. The number of carbonyl (C=O) groups is 1. The highest BCUT2D eigenvalue weighted by atomic mass is 32.1. The Labute approximate surface area is 118 Å². The van der Waals surface area contributed by atoms with Gasteiger partial charge < -0.3 is 5.32 Å². The molecule has 0 saturated heterocycles. The zero-order valence-corrected chi connectivity index (χ0v) is 11.5. The van der Waals surface area contributed by atoms with Crippen LogP contribution in [0.2, 0.25) is 0 Å². The molecule has 1 aliphatic heterocycles. The van der Waals surface area contributed by atoms with Crippen molar-refractivity contribution in [1.82, 2.24) is 10.2 Å². The summed E-state index contributed by atoms with van der Waals surface area (Å²) in [5.41, 5.74) is 3.21. The number of ketones is 1. The fourth-order valence-electron chi connectivity index (χ4n) is 3.14. The van der Waals surface area contributed by atoms with Crippen molar-refractivity contribution in [2.24, 2.45) is 0 Å². The summed E-state index contributed by atoms with van der Waals surface area (Å²) in [5, 5.41) is 12.7. The maximum atomic E-state index is 12.4. The van der Waals surface area contributed by atoms with Crippen LogP contribution in [0.1, 0.15) is 36.3 Å². The lowest BCUT2D eigenvalue weighted by Crippen LogP contribution is -2.28. The van der Waals surface area contributed by atoms with Crippen molar-refractivity contribution >= 4 is 22.9 Å². The Hall–Kier alpha value is -2.08. The minimum atomic E-state index is -0.240. The molecule has 0 radical (unpaired) electrons. The molecule has 3 N–H and O–H groups in total. The molecule has 3 heterocycles. The van der Waals surface area contributed by atoms with Gasteiger partial charge in [-0.25, -0.2) is 0 Å². The van der Waals surface area contributed by atoms with Crippen LogP contribution in [0.25, 0.3) is 0 Å². The molecule has 0 saturated carbocycles. The second kappa shape index (κ2) is 4.21. The maximum absolute atomic E-state index is 12.4. The van der Waals surface area contributed by atoms with Crippen LogP contribution in [-0.2, 0) is 4.79 Å². The van der Waals surface area contributed by atoms with Crippen molar-refractivity contribution in [3.63, 3.8) is 0 Å². The molecular weight excluding hydrogens is 274 g/mol. The van der Waals surface area contributed by atoms with E-state index >= 15 is 0 Å². The van der Waals surface area contributed by atoms with Gasteiger partial charge in [0, 0.05) is 23.6 Å². The molecule has 20 heavy (non-hydrogen) atoms. The number of Topliss-reactive ketones (excluding diaryl/α,β-unsaturated/α-hetero) is 1. The van der Waals surface area contributed by atoms with Gasteiger partial charge in [-0.15, -0.1) is 0 Å². The Balaban J connectivity index is 1.99. The van der Waals surface area contributed by atoms with Crippen LogP contribution in [0.5, 0.6) is 0 Å². The van der Waals surface area contributed by atoms with Crippen molar-refractivity contribution in [3.8, 4) is 0 Å². The van der Waals surface area contributed by atoms with E-state index in [4.69, 9.17) is 0 Å². The van der Waals surface area contributed by atoms with Crippen LogP contribution in [0, 0.1) is 0 Å². The molecular formula is C14H13N3O2S.